The van der Waals surface area contributed by atoms with Gasteiger partial charge in [-0.25, -0.2) is 0 Å². The maximum Gasteiger partial charge on any atom is 0.303 e. The van der Waals surface area contributed by atoms with E-state index < -0.39 is 5.97 Å². The summed E-state index contributed by atoms with van der Waals surface area (Å²) in [5.41, 5.74) is 5.89. The van der Waals surface area contributed by atoms with Gasteiger partial charge in [-0.3, -0.25) is 4.79 Å². The Balaban J connectivity index is 2.35. The SMILES string of the molecule is NC(CCCC(=O)O)c1cc(Br)cs1. The van der Waals surface area contributed by atoms with Crippen LogP contribution in [-0.2, 0) is 4.79 Å². The van der Waals surface area contributed by atoms with Crippen LogP contribution in [0.25, 0.3) is 0 Å². The zero-order valence-electron chi connectivity index (χ0n) is 7.57. The first kappa shape index (κ1) is 11.7. The van der Waals surface area contributed by atoms with Crippen LogP contribution in [0.1, 0.15) is 30.2 Å². The van der Waals surface area contributed by atoms with Gasteiger partial charge in [-0.2, -0.15) is 0 Å². The number of nitrogens with two attached hydrogens (primary N) is 1. The van der Waals surface area contributed by atoms with Crippen molar-refractivity contribution in [2.45, 2.75) is 25.3 Å². The Kier molecular flexibility index (Phi) is 4.57. The molecular formula is C9H12BrNO2S. The van der Waals surface area contributed by atoms with Crippen LogP contribution >= 0.6 is 27.3 Å². The molecule has 0 saturated heterocycles. The number of aliphatic carboxylic acids is 1. The van der Waals surface area contributed by atoms with Crippen LogP contribution in [0.2, 0.25) is 0 Å². The predicted octanol–water partition coefficient (Wildman–Crippen LogP) is 2.77. The lowest BCUT2D eigenvalue weighted by Crippen LogP contribution is -2.09. The summed E-state index contributed by atoms with van der Waals surface area (Å²) in [6.45, 7) is 0. The van der Waals surface area contributed by atoms with Gasteiger partial charge in [0.15, 0.2) is 0 Å². The highest BCUT2D eigenvalue weighted by atomic mass is 79.9. The Labute approximate surface area is 95.1 Å². The molecule has 0 aromatic carbocycles. The second-order valence-electron chi connectivity index (χ2n) is 3.06. The lowest BCUT2D eigenvalue weighted by molar-refractivity contribution is -0.137. The number of hydrogen-bond acceptors (Lipinski definition) is 3. The number of carboxylic acids is 1. The minimum Gasteiger partial charge on any atom is -0.481 e. The van der Waals surface area contributed by atoms with Gasteiger partial charge in [0.05, 0.1) is 0 Å². The van der Waals surface area contributed by atoms with E-state index in [0.717, 1.165) is 15.8 Å². The van der Waals surface area contributed by atoms with Crippen molar-refractivity contribution in [2.24, 2.45) is 5.73 Å². The molecule has 0 fully saturated rings. The predicted molar refractivity (Wildman–Crippen MR) is 60.4 cm³/mol. The van der Waals surface area contributed by atoms with Crippen molar-refractivity contribution in [3.05, 3.63) is 20.8 Å². The summed E-state index contributed by atoms with van der Waals surface area (Å²) in [5, 5.41) is 10.4. The summed E-state index contributed by atoms with van der Waals surface area (Å²) in [6.07, 6.45) is 1.55. The number of carboxylic acid groups (broad SMARTS) is 1. The van der Waals surface area contributed by atoms with Gasteiger partial charge >= 0.3 is 5.97 Å². The van der Waals surface area contributed by atoms with Crippen molar-refractivity contribution in [3.8, 4) is 0 Å². The fourth-order valence-corrected chi connectivity index (χ4v) is 2.62. The average Bonchev–Trinajstić information content (AvgIpc) is 2.51. The summed E-state index contributed by atoms with van der Waals surface area (Å²) in [4.78, 5) is 11.4. The molecule has 14 heavy (non-hydrogen) atoms. The highest BCUT2D eigenvalue weighted by Crippen LogP contribution is 2.26. The van der Waals surface area contributed by atoms with E-state index in [1.165, 1.54) is 0 Å². The molecule has 78 valence electrons. The van der Waals surface area contributed by atoms with E-state index in [-0.39, 0.29) is 12.5 Å². The van der Waals surface area contributed by atoms with Gasteiger partial charge in [-0.1, -0.05) is 0 Å². The molecule has 1 unspecified atom stereocenters. The quantitative estimate of drug-likeness (QED) is 0.870. The molecule has 0 bridgehead atoms. The molecule has 1 aromatic rings. The normalized spacial score (nSPS) is 12.7. The van der Waals surface area contributed by atoms with Crippen LogP contribution in [0.5, 0.6) is 0 Å². The molecule has 0 aliphatic heterocycles. The summed E-state index contributed by atoms with van der Waals surface area (Å²) in [6, 6.07) is 1.95. The first-order chi connectivity index (χ1) is 6.59. The average molecular weight is 278 g/mol. The van der Waals surface area contributed by atoms with Gasteiger partial charge in [0, 0.05) is 27.2 Å². The fourth-order valence-electron chi connectivity index (χ4n) is 1.14. The van der Waals surface area contributed by atoms with E-state index >= 15 is 0 Å². The van der Waals surface area contributed by atoms with Crippen LogP contribution < -0.4 is 5.73 Å². The molecular weight excluding hydrogens is 266 g/mol. The van der Waals surface area contributed by atoms with E-state index in [4.69, 9.17) is 10.8 Å². The van der Waals surface area contributed by atoms with E-state index in [2.05, 4.69) is 15.9 Å². The van der Waals surface area contributed by atoms with Crippen LogP contribution in [0, 0.1) is 0 Å². The number of halogens is 1. The van der Waals surface area contributed by atoms with Crippen molar-refractivity contribution in [1.82, 2.24) is 0 Å². The molecule has 1 atom stereocenters. The van der Waals surface area contributed by atoms with Crippen molar-refractivity contribution in [3.63, 3.8) is 0 Å². The van der Waals surface area contributed by atoms with Crippen molar-refractivity contribution >= 4 is 33.2 Å². The molecule has 0 saturated carbocycles. The molecule has 1 rings (SSSR count). The third-order valence-corrected chi connectivity index (χ3v) is 3.68. The molecule has 0 aliphatic rings. The van der Waals surface area contributed by atoms with Crippen molar-refractivity contribution in [2.75, 3.05) is 0 Å². The maximum atomic E-state index is 10.3. The molecule has 0 spiro atoms. The molecule has 0 radical (unpaired) electrons. The molecule has 1 aromatic heterocycles. The highest BCUT2D eigenvalue weighted by molar-refractivity contribution is 9.10. The second kappa shape index (κ2) is 5.48. The Morgan fingerprint density at radius 3 is 2.93 bits per heavy atom. The largest absolute Gasteiger partial charge is 0.481 e. The summed E-state index contributed by atoms with van der Waals surface area (Å²) < 4.78 is 1.03. The smallest absolute Gasteiger partial charge is 0.303 e. The van der Waals surface area contributed by atoms with Crippen LogP contribution in [-0.4, -0.2) is 11.1 Å². The standard InChI is InChI=1S/C9H12BrNO2S/c10-6-4-8(14-5-6)7(11)2-1-3-9(12)13/h4-5,7H,1-3,11H2,(H,12,13). The molecule has 0 aliphatic carbocycles. The topological polar surface area (TPSA) is 63.3 Å². The maximum absolute atomic E-state index is 10.3. The highest BCUT2D eigenvalue weighted by Gasteiger charge is 2.09. The lowest BCUT2D eigenvalue weighted by Gasteiger charge is -2.07. The third kappa shape index (κ3) is 3.77. The lowest BCUT2D eigenvalue weighted by atomic mass is 10.1. The van der Waals surface area contributed by atoms with Gasteiger partial charge in [-0.15, -0.1) is 11.3 Å². The van der Waals surface area contributed by atoms with E-state index in [9.17, 15) is 4.79 Å². The van der Waals surface area contributed by atoms with Crippen molar-refractivity contribution < 1.29 is 9.90 Å². The third-order valence-electron chi connectivity index (χ3n) is 1.86. The Bertz CT molecular complexity index is 314. The minimum absolute atomic E-state index is 0.0364. The summed E-state index contributed by atoms with van der Waals surface area (Å²) in [5.74, 6) is -0.760. The summed E-state index contributed by atoms with van der Waals surface area (Å²) >= 11 is 4.95. The minimum atomic E-state index is -0.760. The molecule has 5 heteroatoms. The van der Waals surface area contributed by atoms with Crippen LogP contribution in [0.4, 0.5) is 0 Å². The number of carbonyl (C=O) groups is 1. The van der Waals surface area contributed by atoms with Gasteiger partial charge in [0.1, 0.15) is 0 Å². The first-order valence-corrected chi connectivity index (χ1v) is 5.98. The monoisotopic (exact) mass is 277 g/mol. The van der Waals surface area contributed by atoms with Crippen LogP contribution in [0.3, 0.4) is 0 Å². The van der Waals surface area contributed by atoms with Crippen molar-refractivity contribution in [1.29, 1.82) is 0 Å². The van der Waals surface area contributed by atoms with E-state index in [1.807, 2.05) is 11.4 Å². The number of rotatable bonds is 5. The van der Waals surface area contributed by atoms with E-state index in [1.54, 1.807) is 11.3 Å². The summed E-state index contributed by atoms with van der Waals surface area (Å²) in [7, 11) is 0. The fraction of sp³-hybridized carbons (Fsp3) is 0.444. The molecule has 0 amide bonds. The van der Waals surface area contributed by atoms with Gasteiger partial charge in [-0.05, 0) is 34.8 Å². The van der Waals surface area contributed by atoms with Gasteiger partial charge < -0.3 is 10.8 Å². The molecule has 1 heterocycles. The van der Waals surface area contributed by atoms with Gasteiger partial charge in [0.25, 0.3) is 0 Å². The molecule has 3 N–H and O–H groups in total. The van der Waals surface area contributed by atoms with Crippen LogP contribution in [0.15, 0.2) is 15.9 Å². The van der Waals surface area contributed by atoms with Gasteiger partial charge in [0.2, 0.25) is 0 Å². The zero-order chi connectivity index (χ0) is 10.6. The number of hydrogen-bond donors (Lipinski definition) is 2. The zero-order valence-corrected chi connectivity index (χ0v) is 9.97. The first-order valence-electron chi connectivity index (χ1n) is 4.31. The Hall–Kier alpha value is -0.390. The number of thiophene rings is 1. The second-order valence-corrected chi connectivity index (χ2v) is 4.92. The Morgan fingerprint density at radius 2 is 2.43 bits per heavy atom. The Morgan fingerprint density at radius 1 is 1.71 bits per heavy atom. The van der Waals surface area contributed by atoms with E-state index in [0.29, 0.717) is 6.42 Å². The molecule has 3 nitrogen and oxygen atoms in total.